The first-order chi connectivity index (χ1) is 13.2. The fraction of sp³-hybridized carbons (Fsp3) is 0.100. The van der Waals surface area contributed by atoms with Gasteiger partial charge in [-0.1, -0.05) is 41.9 Å². The molecule has 2 aromatic heterocycles. The second kappa shape index (κ2) is 9.17. The number of hydrogen-bond donors (Lipinski definition) is 1. The van der Waals surface area contributed by atoms with Crippen LogP contribution in [-0.2, 0) is 4.79 Å². The summed E-state index contributed by atoms with van der Waals surface area (Å²) in [5.74, 6) is 0.797. The average Bonchev–Trinajstić information content (AvgIpc) is 2.70. The lowest BCUT2D eigenvalue weighted by atomic mass is 10.1. The summed E-state index contributed by atoms with van der Waals surface area (Å²) in [5, 5.41) is 13.2. The molecule has 0 aliphatic carbocycles. The van der Waals surface area contributed by atoms with Crippen LogP contribution in [0.4, 0.5) is 5.82 Å². The molecule has 1 aromatic carbocycles. The minimum Gasteiger partial charge on any atom is -0.311 e. The third-order valence-electron chi connectivity index (χ3n) is 3.61. The quantitative estimate of drug-likeness (QED) is 0.608. The van der Waals surface area contributed by atoms with E-state index in [1.807, 2.05) is 36.4 Å². The van der Waals surface area contributed by atoms with Crippen LogP contribution in [-0.4, -0.2) is 21.6 Å². The van der Waals surface area contributed by atoms with Crippen molar-refractivity contribution in [3.63, 3.8) is 0 Å². The number of nitriles is 1. The van der Waals surface area contributed by atoms with E-state index in [4.69, 9.17) is 11.6 Å². The summed E-state index contributed by atoms with van der Waals surface area (Å²) in [6.07, 6.45) is 1.75. The first-order valence-corrected chi connectivity index (χ1v) is 9.53. The Bertz CT molecular complexity index is 972. The van der Waals surface area contributed by atoms with Crippen LogP contribution in [0.15, 0.2) is 65.8 Å². The maximum atomic E-state index is 12.0. The van der Waals surface area contributed by atoms with Gasteiger partial charge in [0.25, 0.3) is 0 Å². The van der Waals surface area contributed by atoms with Gasteiger partial charge in [0, 0.05) is 23.9 Å². The zero-order chi connectivity index (χ0) is 19.1. The lowest BCUT2D eigenvalue weighted by Crippen LogP contribution is -2.13. The summed E-state index contributed by atoms with van der Waals surface area (Å²) < 4.78 is 0. The number of halogens is 1. The zero-order valence-electron chi connectivity index (χ0n) is 14.2. The predicted molar refractivity (Wildman–Crippen MR) is 108 cm³/mol. The van der Waals surface area contributed by atoms with Crippen molar-refractivity contribution in [2.24, 2.45) is 0 Å². The van der Waals surface area contributed by atoms with E-state index in [1.165, 1.54) is 18.0 Å². The van der Waals surface area contributed by atoms with Gasteiger partial charge in [-0.2, -0.15) is 5.26 Å². The summed E-state index contributed by atoms with van der Waals surface area (Å²) in [4.78, 5) is 20.7. The average molecular weight is 395 g/mol. The molecule has 0 aliphatic rings. The molecule has 7 heteroatoms. The largest absolute Gasteiger partial charge is 0.311 e. The van der Waals surface area contributed by atoms with Gasteiger partial charge in [0.1, 0.15) is 16.9 Å². The topological polar surface area (TPSA) is 78.7 Å². The first kappa shape index (κ1) is 18.9. The maximum Gasteiger partial charge on any atom is 0.226 e. The second-order valence-corrected chi connectivity index (χ2v) is 7.06. The molecule has 3 rings (SSSR count). The summed E-state index contributed by atoms with van der Waals surface area (Å²) in [6.45, 7) is 0. The van der Waals surface area contributed by atoms with Gasteiger partial charge in [0.2, 0.25) is 5.91 Å². The fourth-order valence-electron chi connectivity index (χ4n) is 2.30. The zero-order valence-corrected chi connectivity index (χ0v) is 15.8. The third-order valence-corrected chi connectivity index (χ3v) is 4.83. The smallest absolute Gasteiger partial charge is 0.226 e. The van der Waals surface area contributed by atoms with Gasteiger partial charge in [0.15, 0.2) is 0 Å². The molecule has 27 heavy (non-hydrogen) atoms. The molecule has 0 atom stereocenters. The lowest BCUT2D eigenvalue weighted by Gasteiger charge is -2.07. The van der Waals surface area contributed by atoms with Crippen molar-refractivity contribution in [2.75, 3.05) is 11.1 Å². The fourth-order valence-corrected chi connectivity index (χ4v) is 3.33. The van der Waals surface area contributed by atoms with Crippen LogP contribution in [0, 0.1) is 11.3 Å². The van der Waals surface area contributed by atoms with Crippen LogP contribution in [0.3, 0.4) is 0 Å². The van der Waals surface area contributed by atoms with E-state index in [2.05, 4.69) is 21.4 Å². The highest BCUT2D eigenvalue weighted by Gasteiger charge is 2.10. The summed E-state index contributed by atoms with van der Waals surface area (Å²) in [7, 11) is 0. The number of nitrogens with one attached hydrogen (secondary N) is 1. The van der Waals surface area contributed by atoms with Crippen molar-refractivity contribution in [1.82, 2.24) is 9.97 Å². The van der Waals surface area contributed by atoms with Crippen molar-refractivity contribution >= 4 is 35.1 Å². The van der Waals surface area contributed by atoms with E-state index in [-0.39, 0.29) is 12.3 Å². The SMILES string of the molecule is N#Cc1ccc(-c2ccccc2)nc1SCCC(=O)Nc1ccc(Cl)cn1. The maximum absolute atomic E-state index is 12.0. The lowest BCUT2D eigenvalue weighted by molar-refractivity contribution is -0.115. The van der Waals surface area contributed by atoms with Crippen molar-refractivity contribution < 1.29 is 4.79 Å². The molecule has 0 radical (unpaired) electrons. The van der Waals surface area contributed by atoms with Gasteiger partial charge in [-0.25, -0.2) is 9.97 Å². The molecule has 3 aromatic rings. The Balaban J connectivity index is 1.62. The molecule has 0 saturated heterocycles. The minimum atomic E-state index is -0.157. The number of carbonyl (C=O) groups excluding carboxylic acids is 1. The van der Waals surface area contributed by atoms with Crippen LogP contribution in [0.25, 0.3) is 11.3 Å². The molecule has 5 nitrogen and oxygen atoms in total. The van der Waals surface area contributed by atoms with E-state index in [1.54, 1.807) is 18.2 Å². The number of amides is 1. The van der Waals surface area contributed by atoms with Crippen LogP contribution in [0.2, 0.25) is 5.02 Å². The molecule has 134 valence electrons. The minimum absolute atomic E-state index is 0.157. The summed E-state index contributed by atoms with van der Waals surface area (Å²) in [5.41, 5.74) is 2.28. The molecule has 0 fully saturated rings. The van der Waals surface area contributed by atoms with E-state index in [0.717, 1.165) is 11.3 Å². The van der Waals surface area contributed by atoms with Crippen LogP contribution < -0.4 is 5.32 Å². The van der Waals surface area contributed by atoms with Crippen LogP contribution in [0.1, 0.15) is 12.0 Å². The number of benzene rings is 1. The van der Waals surface area contributed by atoms with Crippen molar-refractivity contribution in [1.29, 1.82) is 5.26 Å². The number of nitrogens with zero attached hydrogens (tertiary/aromatic N) is 3. The molecule has 1 amide bonds. The van der Waals surface area contributed by atoms with Crippen molar-refractivity contribution in [3.8, 4) is 17.3 Å². The van der Waals surface area contributed by atoms with Gasteiger partial charge >= 0.3 is 0 Å². The highest BCUT2D eigenvalue weighted by molar-refractivity contribution is 7.99. The van der Waals surface area contributed by atoms with Crippen molar-refractivity contribution in [2.45, 2.75) is 11.4 Å². The molecular formula is C20H15ClN4OS. The van der Waals surface area contributed by atoms with E-state index >= 15 is 0 Å². The number of aromatic nitrogens is 2. The van der Waals surface area contributed by atoms with Gasteiger partial charge in [-0.05, 0) is 24.3 Å². The number of hydrogen-bond acceptors (Lipinski definition) is 5. The van der Waals surface area contributed by atoms with Crippen LogP contribution >= 0.6 is 23.4 Å². The monoisotopic (exact) mass is 394 g/mol. The standard InChI is InChI=1S/C20H15ClN4OS/c21-16-7-9-18(23-13-16)25-19(26)10-11-27-20-15(12-22)6-8-17(24-20)14-4-2-1-3-5-14/h1-9,13H,10-11H2,(H,23,25,26). The molecule has 0 bridgehead atoms. The van der Waals surface area contributed by atoms with Crippen molar-refractivity contribution in [3.05, 3.63) is 71.4 Å². The molecule has 0 aliphatic heterocycles. The Hall–Kier alpha value is -2.88. The Kier molecular flexibility index (Phi) is 6.42. The van der Waals surface area contributed by atoms with Gasteiger partial charge in [-0.3, -0.25) is 4.79 Å². The Morgan fingerprint density at radius 2 is 1.96 bits per heavy atom. The molecule has 2 heterocycles. The highest BCUT2D eigenvalue weighted by atomic mass is 35.5. The normalized spacial score (nSPS) is 10.2. The molecule has 1 N–H and O–H groups in total. The highest BCUT2D eigenvalue weighted by Crippen LogP contribution is 2.25. The van der Waals surface area contributed by atoms with Crippen LogP contribution in [0.5, 0.6) is 0 Å². The summed E-state index contributed by atoms with van der Waals surface area (Å²) in [6, 6.07) is 18.8. The van der Waals surface area contributed by atoms with E-state index in [9.17, 15) is 10.1 Å². The molecule has 0 spiro atoms. The number of carbonyl (C=O) groups is 1. The van der Waals surface area contributed by atoms with E-state index < -0.39 is 0 Å². The number of pyridine rings is 2. The molecule has 0 unspecified atom stereocenters. The van der Waals surface area contributed by atoms with Gasteiger partial charge in [0.05, 0.1) is 16.3 Å². The summed E-state index contributed by atoms with van der Waals surface area (Å²) >= 11 is 7.16. The Morgan fingerprint density at radius 1 is 1.15 bits per heavy atom. The van der Waals surface area contributed by atoms with Gasteiger partial charge in [-0.15, -0.1) is 11.8 Å². The first-order valence-electron chi connectivity index (χ1n) is 8.16. The molecular weight excluding hydrogens is 380 g/mol. The van der Waals surface area contributed by atoms with E-state index in [0.29, 0.717) is 27.2 Å². The Morgan fingerprint density at radius 3 is 2.67 bits per heavy atom. The number of anilines is 1. The third kappa shape index (κ3) is 5.30. The predicted octanol–water partition coefficient (Wildman–Crippen LogP) is 4.79. The number of rotatable bonds is 6. The molecule has 0 saturated carbocycles. The number of thioether (sulfide) groups is 1. The Labute approximate surface area is 166 Å². The van der Waals surface area contributed by atoms with Gasteiger partial charge < -0.3 is 5.32 Å². The second-order valence-electron chi connectivity index (χ2n) is 5.54.